The summed E-state index contributed by atoms with van der Waals surface area (Å²) in [5.74, 6) is 0. The third kappa shape index (κ3) is 8.04. The molecule has 0 aromatic rings. The lowest BCUT2D eigenvalue weighted by Gasteiger charge is -2.32. The minimum Gasteiger partial charge on any atom is -0.353 e. The fourth-order valence-corrected chi connectivity index (χ4v) is 4.01. The van der Waals surface area contributed by atoms with Crippen LogP contribution in [0.2, 0.25) is 12.1 Å². The van der Waals surface area contributed by atoms with Crippen molar-refractivity contribution in [2.24, 2.45) is 0 Å². The highest BCUT2D eigenvalue weighted by Gasteiger charge is 2.13. The Labute approximate surface area is 121 Å². The Balaban J connectivity index is 1.97. The SMILES string of the molecule is CCOC(C[SiH2]CCCN1CCN(C)CC1)OCC. The maximum Gasteiger partial charge on any atom is 0.154 e. The van der Waals surface area contributed by atoms with E-state index in [2.05, 4.69) is 16.8 Å². The van der Waals surface area contributed by atoms with E-state index in [1.54, 1.807) is 0 Å². The van der Waals surface area contributed by atoms with Crippen molar-refractivity contribution in [1.82, 2.24) is 9.80 Å². The Morgan fingerprint density at radius 2 is 1.68 bits per heavy atom. The molecule has 0 aromatic carbocycles. The maximum atomic E-state index is 5.59. The third-order valence-corrected chi connectivity index (χ3v) is 5.59. The molecule has 0 amide bonds. The molecular weight excluding hydrogens is 256 g/mol. The highest BCUT2D eigenvalue weighted by atomic mass is 28.2. The molecule has 0 radical (unpaired) electrons. The van der Waals surface area contributed by atoms with Crippen LogP contribution >= 0.6 is 0 Å². The first-order valence-corrected chi connectivity index (χ1v) is 9.90. The molecule has 0 unspecified atom stereocenters. The lowest BCUT2D eigenvalue weighted by atomic mass is 10.3. The molecule has 19 heavy (non-hydrogen) atoms. The molecule has 1 aliphatic heterocycles. The quantitative estimate of drug-likeness (QED) is 0.340. The zero-order chi connectivity index (χ0) is 13.9. The van der Waals surface area contributed by atoms with Gasteiger partial charge in [0.25, 0.3) is 0 Å². The van der Waals surface area contributed by atoms with Crippen LogP contribution in [-0.4, -0.2) is 78.6 Å². The van der Waals surface area contributed by atoms with Crippen LogP contribution in [0.15, 0.2) is 0 Å². The van der Waals surface area contributed by atoms with Gasteiger partial charge >= 0.3 is 0 Å². The average Bonchev–Trinajstić information content (AvgIpc) is 2.41. The van der Waals surface area contributed by atoms with Crippen molar-refractivity contribution in [3.63, 3.8) is 0 Å². The van der Waals surface area contributed by atoms with E-state index < -0.39 is 0 Å². The first-order chi connectivity index (χ1) is 9.26. The second-order valence-corrected chi connectivity index (χ2v) is 7.33. The van der Waals surface area contributed by atoms with E-state index in [1.807, 2.05) is 13.8 Å². The van der Waals surface area contributed by atoms with Crippen molar-refractivity contribution in [3.05, 3.63) is 0 Å². The molecule has 1 rings (SSSR count). The van der Waals surface area contributed by atoms with Gasteiger partial charge in [-0.05, 0) is 39.9 Å². The molecule has 1 fully saturated rings. The molecule has 0 spiro atoms. The van der Waals surface area contributed by atoms with Crippen molar-refractivity contribution in [1.29, 1.82) is 0 Å². The van der Waals surface area contributed by atoms with E-state index in [4.69, 9.17) is 9.47 Å². The molecule has 1 saturated heterocycles. The second kappa shape index (κ2) is 10.8. The van der Waals surface area contributed by atoms with Gasteiger partial charge in [0.05, 0.1) is 0 Å². The van der Waals surface area contributed by atoms with E-state index in [0.717, 1.165) is 13.2 Å². The smallest absolute Gasteiger partial charge is 0.154 e. The van der Waals surface area contributed by atoms with Gasteiger partial charge in [0.15, 0.2) is 6.29 Å². The second-order valence-electron chi connectivity index (χ2n) is 5.33. The van der Waals surface area contributed by atoms with Crippen molar-refractivity contribution in [2.75, 3.05) is 53.0 Å². The topological polar surface area (TPSA) is 24.9 Å². The summed E-state index contributed by atoms with van der Waals surface area (Å²) in [6, 6.07) is 2.59. The van der Waals surface area contributed by atoms with E-state index >= 15 is 0 Å². The van der Waals surface area contributed by atoms with Crippen LogP contribution in [0.3, 0.4) is 0 Å². The summed E-state index contributed by atoms with van der Waals surface area (Å²) in [7, 11) is 2.19. The lowest BCUT2D eigenvalue weighted by molar-refractivity contribution is -0.123. The van der Waals surface area contributed by atoms with E-state index in [1.165, 1.54) is 51.2 Å². The normalized spacial score (nSPS) is 18.9. The standard InChI is InChI=1S/C14H32N2O2Si/c1-4-17-14(18-5-2)13-19-12-6-7-16-10-8-15(3)9-11-16/h14H,4-13,19H2,1-3H3. The Hall–Kier alpha value is 0.0569. The number of rotatable bonds is 10. The summed E-state index contributed by atoms with van der Waals surface area (Å²) in [5, 5.41) is 0. The fraction of sp³-hybridized carbons (Fsp3) is 1.00. The van der Waals surface area contributed by atoms with Gasteiger partial charge in [-0.1, -0.05) is 6.04 Å². The van der Waals surface area contributed by atoms with Gasteiger partial charge in [0.1, 0.15) is 0 Å². The van der Waals surface area contributed by atoms with Crippen LogP contribution in [0.5, 0.6) is 0 Å². The number of ether oxygens (including phenoxy) is 2. The van der Waals surface area contributed by atoms with Crippen LogP contribution in [0.25, 0.3) is 0 Å². The Bertz CT molecular complexity index is 206. The molecule has 1 aliphatic rings. The zero-order valence-corrected chi connectivity index (χ0v) is 14.5. The Morgan fingerprint density at radius 1 is 1.05 bits per heavy atom. The van der Waals surface area contributed by atoms with E-state index in [9.17, 15) is 0 Å². The Kier molecular flexibility index (Phi) is 9.72. The maximum absolute atomic E-state index is 5.59. The van der Waals surface area contributed by atoms with Gasteiger partial charge in [-0.2, -0.15) is 0 Å². The Morgan fingerprint density at radius 3 is 2.26 bits per heavy atom. The number of nitrogens with zero attached hydrogens (tertiary/aromatic N) is 2. The zero-order valence-electron chi connectivity index (χ0n) is 13.1. The van der Waals surface area contributed by atoms with Gasteiger partial charge in [0.2, 0.25) is 0 Å². The third-order valence-electron chi connectivity index (χ3n) is 3.72. The van der Waals surface area contributed by atoms with Gasteiger partial charge in [0, 0.05) is 48.9 Å². The van der Waals surface area contributed by atoms with Crippen LogP contribution in [-0.2, 0) is 9.47 Å². The molecule has 5 heteroatoms. The van der Waals surface area contributed by atoms with Crippen LogP contribution < -0.4 is 0 Å². The molecule has 0 aliphatic carbocycles. The molecule has 0 atom stereocenters. The van der Waals surface area contributed by atoms with Gasteiger partial charge in [-0.15, -0.1) is 0 Å². The summed E-state index contributed by atoms with van der Waals surface area (Å²) in [6.45, 7) is 11.9. The summed E-state index contributed by atoms with van der Waals surface area (Å²) in [4.78, 5) is 5.02. The molecule has 1 heterocycles. The summed E-state index contributed by atoms with van der Waals surface area (Å²) in [6.07, 6.45) is 1.44. The summed E-state index contributed by atoms with van der Waals surface area (Å²) in [5.41, 5.74) is 0. The minimum absolute atomic E-state index is 0.0208. The number of hydrogen-bond donors (Lipinski definition) is 0. The monoisotopic (exact) mass is 288 g/mol. The number of piperazine rings is 1. The summed E-state index contributed by atoms with van der Waals surface area (Å²) >= 11 is 0. The van der Waals surface area contributed by atoms with Crippen molar-refractivity contribution in [3.8, 4) is 0 Å². The lowest BCUT2D eigenvalue weighted by Crippen LogP contribution is -2.44. The van der Waals surface area contributed by atoms with Gasteiger partial charge < -0.3 is 19.3 Å². The van der Waals surface area contributed by atoms with E-state index in [-0.39, 0.29) is 15.8 Å². The molecule has 0 saturated carbocycles. The number of likely N-dealkylation sites (N-methyl/N-ethyl adjacent to an activating group) is 1. The van der Waals surface area contributed by atoms with Crippen LogP contribution in [0.1, 0.15) is 20.3 Å². The fourth-order valence-electron chi connectivity index (χ4n) is 2.48. The molecule has 0 N–H and O–H groups in total. The van der Waals surface area contributed by atoms with Crippen molar-refractivity contribution >= 4 is 9.52 Å². The highest BCUT2D eigenvalue weighted by Crippen LogP contribution is 2.06. The molecule has 4 nitrogen and oxygen atoms in total. The van der Waals surface area contributed by atoms with Gasteiger partial charge in [-0.25, -0.2) is 0 Å². The predicted octanol–water partition coefficient (Wildman–Crippen LogP) is 1.03. The first-order valence-electron chi connectivity index (χ1n) is 7.90. The van der Waals surface area contributed by atoms with Crippen LogP contribution in [0.4, 0.5) is 0 Å². The molecule has 0 bridgehead atoms. The molecule has 114 valence electrons. The largest absolute Gasteiger partial charge is 0.353 e. The average molecular weight is 289 g/mol. The molecule has 0 aromatic heterocycles. The number of hydrogen-bond acceptors (Lipinski definition) is 4. The molecular formula is C14H32N2O2Si. The van der Waals surface area contributed by atoms with Crippen LogP contribution in [0, 0.1) is 0 Å². The minimum atomic E-state index is -0.0208. The van der Waals surface area contributed by atoms with Gasteiger partial charge in [-0.3, -0.25) is 0 Å². The predicted molar refractivity (Wildman–Crippen MR) is 83.8 cm³/mol. The van der Waals surface area contributed by atoms with E-state index in [0.29, 0.717) is 0 Å². The highest BCUT2D eigenvalue weighted by molar-refractivity contribution is 6.35. The van der Waals surface area contributed by atoms with Crippen molar-refractivity contribution < 1.29 is 9.47 Å². The first kappa shape index (κ1) is 17.1. The summed E-state index contributed by atoms with van der Waals surface area (Å²) < 4.78 is 11.2. The van der Waals surface area contributed by atoms with Crippen molar-refractivity contribution in [2.45, 2.75) is 38.6 Å².